The third-order valence-electron chi connectivity index (χ3n) is 6.24. The molecule has 6 nitrogen and oxygen atoms in total. The first-order valence-corrected chi connectivity index (χ1v) is 11.4. The van der Waals surface area contributed by atoms with E-state index in [2.05, 4.69) is 41.1 Å². The van der Waals surface area contributed by atoms with Crippen LogP contribution in [0.1, 0.15) is 38.7 Å². The van der Waals surface area contributed by atoms with E-state index in [4.69, 9.17) is 9.47 Å². The van der Waals surface area contributed by atoms with Crippen molar-refractivity contribution in [3.63, 3.8) is 0 Å². The second kappa shape index (κ2) is 11.0. The summed E-state index contributed by atoms with van der Waals surface area (Å²) in [5.41, 5.74) is 1.19. The first-order valence-electron chi connectivity index (χ1n) is 11.4. The highest BCUT2D eigenvalue weighted by molar-refractivity contribution is 5.79. The molecule has 2 heterocycles. The molecule has 6 heteroatoms. The van der Waals surface area contributed by atoms with Gasteiger partial charge in [-0.25, -0.2) is 0 Å². The number of nitrogens with one attached hydrogen (secondary N) is 1. The van der Waals surface area contributed by atoms with Crippen LogP contribution >= 0.6 is 0 Å². The molecule has 168 valence electrons. The first-order chi connectivity index (χ1) is 14.5. The van der Waals surface area contributed by atoms with Crippen molar-refractivity contribution in [3.05, 3.63) is 23.8 Å². The summed E-state index contributed by atoms with van der Waals surface area (Å²) in [7, 11) is 3.33. The molecule has 0 aliphatic carbocycles. The Bertz CT molecular complexity index is 688. The van der Waals surface area contributed by atoms with Crippen LogP contribution in [0.2, 0.25) is 0 Å². The van der Waals surface area contributed by atoms with E-state index in [0.717, 1.165) is 50.6 Å². The minimum absolute atomic E-state index is 0.0604. The quantitative estimate of drug-likeness (QED) is 0.669. The van der Waals surface area contributed by atoms with E-state index in [0.29, 0.717) is 11.8 Å². The van der Waals surface area contributed by atoms with Crippen LogP contribution in [0.3, 0.4) is 0 Å². The van der Waals surface area contributed by atoms with Gasteiger partial charge in [0.25, 0.3) is 0 Å². The summed E-state index contributed by atoms with van der Waals surface area (Å²) in [4.78, 5) is 17.9. The first kappa shape index (κ1) is 22.9. The maximum Gasteiger partial charge on any atom is 0.224 e. The molecule has 1 amide bonds. The molecule has 2 aliphatic rings. The van der Waals surface area contributed by atoms with Gasteiger partial charge in [0, 0.05) is 32.7 Å². The fourth-order valence-corrected chi connectivity index (χ4v) is 4.77. The Hall–Kier alpha value is -1.79. The van der Waals surface area contributed by atoms with Gasteiger partial charge in [0.05, 0.1) is 20.1 Å². The Balaban J connectivity index is 1.68. The van der Waals surface area contributed by atoms with Crippen LogP contribution in [-0.4, -0.2) is 69.2 Å². The van der Waals surface area contributed by atoms with Crippen LogP contribution in [-0.2, 0) is 11.3 Å². The number of ether oxygens (including phenoxy) is 2. The van der Waals surface area contributed by atoms with Gasteiger partial charge >= 0.3 is 0 Å². The van der Waals surface area contributed by atoms with Crippen LogP contribution < -0.4 is 14.8 Å². The van der Waals surface area contributed by atoms with Crippen molar-refractivity contribution in [2.75, 3.05) is 53.5 Å². The van der Waals surface area contributed by atoms with Gasteiger partial charge in [-0.15, -0.1) is 0 Å². The topological polar surface area (TPSA) is 54.0 Å². The highest BCUT2D eigenvalue weighted by Gasteiger charge is 2.33. The SMILES string of the molecule is COc1ccc(CN2C[C@@H](CN3CCCC3)C[C@@H](C(=O)NCC(C)C)C2)cc1OC. The van der Waals surface area contributed by atoms with Gasteiger partial charge in [-0.2, -0.15) is 0 Å². The molecule has 1 aromatic carbocycles. The number of hydrogen-bond acceptors (Lipinski definition) is 5. The van der Waals surface area contributed by atoms with E-state index in [9.17, 15) is 4.79 Å². The molecule has 30 heavy (non-hydrogen) atoms. The lowest BCUT2D eigenvalue weighted by atomic mass is 9.87. The summed E-state index contributed by atoms with van der Waals surface area (Å²) < 4.78 is 10.8. The molecule has 0 unspecified atom stereocenters. The monoisotopic (exact) mass is 417 g/mol. The van der Waals surface area contributed by atoms with E-state index >= 15 is 0 Å². The van der Waals surface area contributed by atoms with Crippen molar-refractivity contribution in [1.29, 1.82) is 0 Å². The van der Waals surface area contributed by atoms with Crippen molar-refractivity contribution in [3.8, 4) is 11.5 Å². The van der Waals surface area contributed by atoms with Gasteiger partial charge in [0.15, 0.2) is 11.5 Å². The number of piperidine rings is 1. The van der Waals surface area contributed by atoms with Crippen molar-refractivity contribution in [2.45, 2.75) is 39.7 Å². The lowest BCUT2D eigenvalue weighted by Crippen LogP contribution is -2.48. The molecule has 0 aromatic heterocycles. The second-order valence-electron chi connectivity index (χ2n) is 9.33. The zero-order valence-electron chi connectivity index (χ0n) is 19.2. The Morgan fingerprint density at radius 3 is 2.50 bits per heavy atom. The summed E-state index contributed by atoms with van der Waals surface area (Å²) in [6.07, 6.45) is 3.60. The smallest absolute Gasteiger partial charge is 0.224 e. The van der Waals surface area contributed by atoms with Crippen LogP contribution in [0.5, 0.6) is 11.5 Å². The number of rotatable bonds is 9. The zero-order chi connectivity index (χ0) is 21.5. The summed E-state index contributed by atoms with van der Waals surface area (Å²) in [5, 5.41) is 3.17. The maximum absolute atomic E-state index is 12.9. The fraction of sp³-hybridized carbons (Fsp3) is 0.708. The number of likely N-dealkylation sites (tertiary alicyclic amines) is 2. The molecular formula is C24H39N3O3. The van der Waals surface area contributed by atoms with E-state index < -0.39 is 0 Å². The lowest BCUT2D eigenvalue weighted by Gasteiger charge is -2.38. The van der Waals surface area contributed by atoms with Gasteiger partial charge in [-0.1, -0.05) is 19.9 Å². The number of hydrogen-bond donors (Lipinski definition) is 1. The fourth-order valence-electron chi connectivity index (χ4n) is 4.77. The van der Waals surface area contributed by atoms with Crippen LogP contribution in [0, 0.1) is 17.8 Å². The molecule has 0 spiro atoms. The minimum atomic E-state index is 0.0604. The molecule has 0 saturated carbocycles. The second-order valence-corrected chi connectivity index (χ2v) is 9.33. The van der Waals surface area contributed by atoms with Crippen molar-refractivity contribution >= 4 is 5.91 Å². The standard InChI is InChI=1S/C24H39N3O3/c1-18(2)13-25-24(28)21-11-20(15-26-9-5-6-10-26)16-27(17-21)14-19-7-8-22(29-3)23(12-19)30-4/h7-8,12,18,20-21H,5-6,9-11,13-17H2,1-4H3,(H,25,28)/t20-,21-/m1/s1. The van der Waals surface area contributed by atoms with Crippen molar-refractivity contribution in [2.24, 2.45) is 17.8 Å². The summed E-state index contributed by atoms with van der Waals surface area (Å²) >= 11 is 0. The van der Waals surface area contributed by atoms with Crippen LogP contribution in [0.4, 0.5) is 0 Å². The Kier molecular flexibility index (Phi) is 8.40. The molecule has 2 saturated heterocycles. The Morgan fingerprint density at radius 1 is 1.10 bits per heavy atom. The van der Waals surface area contributed by atoms with Crippen LogP contribution in [0.25, 0.3) is 0 Å². The van der Waals surface area contributed by atoms with Crippen molar-refractivity contribution in [1.82, 2.24) is 15.1 Å². The number of benzene rings is 1. The van der Waals surface area contributed by atoms with Gasteiger partial charge in [-0.3, -0.25) is 9.69 Å². The van der Waals surface area contributed by atoms with E-state index in [1.54, 1.807) is 14.2 Å². The molecule has 2 atom stereocenters. The number of nitrogens with zero attached hydrogens (tertiary/aromatic N) is 2. The highest BCUT2D eigenvalue weighted by Crippen LogP contribution is 2.30. The summed E-state index contributed by atoms with van der Waals surface area (Å²) in [6.45, 7) is 11.2. The van der Waals surface area contributed by atoms with Gasteiger partial charge in [0.2, 0.25) is 5.91 Å². The third-order valence-corrected chi connectivity index (χ3v) is 6.24. The summed E-state index contributed by atoms with van der Waals surface area (Å²) in [6, 6.07) is 6.11. The average molecular weight is 418 g/mol. The van der Waals surface area contributed by atoms with Gasteiger partial charge in [0.1, 0.15) is 0 Å². The van der Waals surface area contributed by atoms with E-state index in [1.165, 1.54) is 31.5 Å². The maximum atomic E-state index is 12.9. The van der Waals surface area contributed by atoms with Gasteiger partial charge in [-0.05, 0) is 61.9 Å². The highest BCUT2D eigenvalue weighted by atomic mass is 16.5. The molecule has 3 rings (SSSR count). The molecule has 0 radical (unpaired) electrons. The summed E-state index contributed by atoms with van der Waals surface area (Å²) in [5.74, 6) is 2.79. The number of amides is 1. The van der Waals surface area contributed by atoms with Crippen LogP contribution in [0.15, 0.2) is 18.2 Å². The largest absolute Gasteiger partial charge is 0.493 e. The number of carbonyl (C=O) groups is 1. The zero-order valence-corrected chi connectivity index (χ0v) is 19.2. The molecular weight excluding hydrogens is 378 g/mol. The molecule has 2 aliphatic heterocycles. The Labute approximate surface area is 181 Å². The predicted molar refractivity (Wildman–Crippen MR) is 120 cm³/mol. The van der Waals surface area contributed by atoms with Crippen molar-refractivity contribution < 1.29 is 14.3 Å². The Morgan fingerprint density at radius 2 is 1.83 bits per heavy atom. The van der Waals surface area contributed by atoms with E-state index in [1.807, 2.05) is 6.07 Å². The minimum Gasteiger partial charge on any atom is -0.493 e. The van der Waals surface area contributed by atoms with E-state index in [-0.39, 0.29) is 11.8 Å². The molecule has 1 aromatic rings. The van der Waals surface area contributed by atoms with Gasteiger partial charge < -0.3 is 19.7 Å². The number of carbonyl (C=O) groups excluding carboxylic acids is 1. The molecule has 2 fully saturated rings. The lowest BCUT2D eigenvalue weighted by molar-refractivity contribution is -0.127. The normalized spacial score (nSPS) is 23.0. The predicted octanol–water partition coefficient (Wildman–Crippen LogP) is 3.01. The molecule has 0 bridgehead atoms. The molecule has 1 N–H and O–H groups in total. The average Bonchev–Trinajstić information content (AvgIpc) is 3.24. The third kappa shape index (κ3) is 6.35. The number of methoxy groups -OCH3 is 2.